The van der Waals surface area contributed by atoms with Gasteiger partial charge >= 0.3 is 0 Å². The second kappa shape index (κ2) is 6.11. The molecule has 1 aromatic heterocycles. The Morgan fingerprint density at radius 2 is 2.25 bits per heavy atom. The predicted octanol–water partition coefficient (Wildman–Crippen LogP) is 2.63. The van der Waals surface area contributed by atoms with Gasteiger partial charge in [-0.05, 0) is 18.2 Å². The molecule has 106 valence electrons. The van der Waals surface area contributed by atoms with Gasteiger partial charge in [-0.15, -0.1) is 11.3 Å². The van der Waals surface area contributed by atoms with E-state index in [0.29, 0.717) is 21.5 Å². The number of anilines is 3. The molecule has 3 N–H and O–H groups in total. The minimum absolute atomic E-state index is 0.152. The number of aromatic nitrogens is 1. The van der Waals surface area contributed by atoms with E-state index < -0.39 is 0 Å². The van der Waals surface area contributed by atoms with E-state index in [4.69, 9.17) is 17.3 Å². The molecule has 0 unspecified atom stereocenters. The van der Waals surface area contributed by atoms with E-state index in [-0.39, 0.29) is 12.3 Å². The molecule has 1 amide bonds. The first kappa shape index (κ1) is 14.6. The van der Waals surface area contributed by atoms with E-state index in [1.807, 2.05) is 25.1 Å². The van der Waals surface area contributed by atoms with Crippen molar-refractivity contribution in [3.8, 4) is 0 Å². The Hall–Kier alpha value is -1.79. The second-order valence-corrected chi connectivity index (χ2v) is 5.78. The Labute approximate surface area is 126 Å². The number of carbonyl (C=O) groups is 1. The molecule has 7 heteroatoms. The maximum Gasteiger partial charge on any atom is 0.230 e. The van der Waals surface area contributed by atoms with Crippen LogP contribution in [0.1, 0.15) is 5.69 Å². The van der Waals surface area contributed by atoms with Gasteiger partial charge in [0, 0.05) is 24.5 Å². The number of halogens is 1. The maximum atomic E-state index is 12.0. The van der Waals surface area contributed by atoms with Gasteiger partial charge in [0.25, 0.3) is 0 Å². The van der Waals surface area contributed by atoms with Gasteiger partial charge in [0.1, 0.15) is 0 Å². The van der Waals surface area contributed by atoms with E-state index in [1.165, 1.54) is 11.3 Å². The lowest BCUT2D eigenvalue weighted by Gasteiger charge is -2.18. The minimum atomic E-state index is -0.152. The first-order chi connectivity index (χ1) is 9.45. The Balaban J connectivity index is 2.12. The molecule has 5 nitrogen and oxygen atoms in total. The molecule has 0 aliphatic rings. The Kier molecular flexibility index (Phi) is 4.46. The van der Waals surface area contributed by atoms with Crippen LogP contribution in [0.25, 0.3) is 0 Å². The minimum Gasteiger partial charge on any atom is -0.376 e. The van der Waals surface area contributed by atoms with Gasteiger partial charge in [0.2, 0.25) is 5.91 Å². The standard InChI is InChI=1S/C13H15ClN4OS/c1-18(2)11-4-3-8(14)5-10(11)17-12(19)6-9-7-20-13(15)16-9/h3-5,7H,6H2,1-2H3,(H2,15,16)(H,17,19). The monoisotopic (exact) mass is 310 g/mol. The molecule has 0 bridgehead atoms. The first-order valence-corrected chi connectivity index (χ1v) is 7.18. The summed E-state index contributed by atoms with van der Waals surface area (Å²) in [6.45, 7) is 0. The summed E-state index contributed by atoms with van der Waals surface area (Å²) in [5.74, 6) is -0.152. The number of nitrogens with two attached hydrogens (primary N) is 1. The van der Waals surface area contributed by atoms with Crippen molar-refractivity contribution in [1.82, 2.24) is 4.98 Å². The van der Waals surface area contributed by atoms with Crippen molar-refractivity contribution in [2.24, 2.45) is 0 Å². The zero-order valence-electron chi connectivity index (χ0n) is 11.2. The number of hydrogen-bond acceptors (Lipinski definition) is 5. The van der Waals surface area contributed by atoms with Crippen LogP contribution in [0.4, 0.5) is 16.5 Å². The van der Waals surface area contributed by atoms with Crippen LogP contribution >= 0.6 is 22.9 Å². The average Bonchev–Trinajstić information content (AvgIpc) is 2.74. The van der Waals surface area contributed by atoms with Gasteiger partial charge < -0.3 is 16.0 Å². The lowest BCUT2D eigenvalue weighted by molar-refractivity contribution is -0.115. The molecule has 0 saturated carbocycles. The Bertz CT molecular complexity index is 627. The summed E-state index contributed by atoms with van der Waals surface area (Å²) in [6, 6.07) is 5.37. The van der Waals surface area contributed by atoms with E-state index in [0.717, 1.165) is 5.69 Å². The molecule has 0 aliphatic carbocycles. The highest BCUT2D eigenvalue weighted by Gasteiger charge is 2.11. The third-order valence-electron chi connectivity index (χ3n) is 2.63. The van der Waals surface area contributed by atoms with E-state index in [2.05, 4.69) is 10.3 Å². The Morgan fingerprint density at radius 1 is 1.50 bits per heavy atom. The van der Waals surface area contributed by atoms with Crippen molar-refractivity contribution in [1.29, 1.82) is 0 Å². The van der Waals surface area contributed by atoms with Crippen LogP contribution in [-0.2, 0) is 11.2 Å². The van der Waals surface area contributed by atoms with Crippen LogP contribution in [0.2, 0.25) is 5.02 Å². The number of carbonyl (C=O) groups excluding carboxylic acids is 1. The molecule has 0 fully saturated rings. The van der Waals surface area contributed by atoms with Gasteiger partial charge in [-0.3, -0.25) is 4.79 Å². The van der Waals surface area contributed by atoms with Crippen LogP contribution in [0.5, 0.6) is 0 Å². The van der Waals surface area contributed by atoms with E-state index >= 15 is 0 Å². The van der Waals surface area contributed by atoms with Crippen molar-refractivity contribution >= 4 is 45.4 Å². The molecule has 1 aromatic carbocycles. The first-order valence-electron chi connectivity index (χ1n) is 5.92. The van der Waals surface area contributed by atoms with Crippen LogP contribution in [0.15, 0.2) is 23.6 Å². The summed E-state index contributed by atoms with van der Waals surface area (Å²) in [4.78, 5) is 18.0. The maximum absolute atomic E-state index is 12.0. The summed E-state index contributed by atoms with van der Waals surface area (Å²) in [5, 5.41) is 5.66. The van der Waals surface area contributed by atoms with E-state index in [9.17, 15) is 4.79 Å². The molecule has 0 spiro atoms. The number of nitrogens with zero attached hydrogens (tertiary/aromatic N) is 2. The predicted molar refractivity (Wildman–Crippen MR) is 84.6 cm³/mol. The van der Waals surface area contributed by atoms with Gasteiger partial charge in [0.15, 0.2) is 5.13 Å². The number of thiazole rings is 1. The molecule has 1 heterocycles. The summed E-state index contributed by atoms with van der Waals surface area (Å²) < 4.78 is 0. The average molecular weight is 311 g/mol. The summed E-state index contributed by atoms with van der Waals surface area (Å²) in [5.41, 5.74) is 7.77. The largest absolute Gasteiger partial charge is 0.376 e. The lowest BCUT2D eigenvalue weighted by atomic mass is 10.2. The van der Waals surface area contributed by atoms with Gasteiger partial charge in [-0.2, -0.15) is 0 Å². The molecule has 0 radical (unpaired) electrons. The summed E-state index contributed by atoms with van der Waals surface area (Å²) >= 11 is 7.29. The molecule has 0 atom stereocenters. The molecule has 0 aliphatic heterocycles. The Morgan fingerprint density at radius 3 is 2.85 bits per heavy atom. The number of rotatable bonds is 4. The van der Waals surface area contributed by atoms with Crippen LogP contribution < -0.4 is 16.0 Å². The van der Waals surface area contributed by atoms with Crippen molar-refractivity contribution in [2.45, 2.75) is 6.42 Å². The van der Waals surface area contributed by atoms with Crippen molar-refractivity contribution in [2.75, 3.05) is 30.0 Å². The zero-order chi connectivity index (χ0) is 14.7. The van der Waals surface area contributed by atoms with Crippen LogP contribution in [-0.4, -0.2) is 25.0 Å². The number of benzene rings is 1. The van der Waals surface area contributed by atoms with Crippen molar-refractivity contribution in [3.63, 3.8) is 0 Å². The number of nitrogen functional groups attached to an aromatic ring is 1. The third kappa shape index (κ3) is 3.61. The smallest absolute Gasteiger partial charge is 0.230 e. The fourth-order valence-electron chi connectivity index (χ4n) is 1.76. The highest BCUT2D eigenvalue weighted by atomic mass is 35.5. The number of amides is 1. The van der Waals surface area contributed by atoms with Gasteiger partial charge in [-0.1, -0.05) is 11.6 Å². The topological polar surface area (TPSA) is 71.2 Å². The lowest BCUT2D eigenvalue weighted by Crippen LogP contribution is -2.18. The quantitative estimate of drug-likeness (QED) is 0.910. The van der Waals surface area contributed by atoms with Gasteiger partial charge in [0.05, 0.1) is 23.5 Å². The van der Waals surface area contributed by atoms with Gasteiger partial charge in [-0.25, -0.2) is 4.98 Å². The van der Waals surface area contributed by atoms with Crippen molar-refractivity contribution < 1.29 is 4.79 Å². The normalized spacial score (nSPS) is 10.3. The highest BCUT2D eigenvalue weighted by Crippen LogP contribution is 2.28. The van der Waals surface area contributed by atoms with E-state index in [1.54, 1.807) is 17.5 Å². The zero-order valence-corrected chi connectivity index (χ0v) is 12.8. The van der Waals surface area contributed by atoms with Crippen LogP contribution in [0, 0.1) is 0 Å². The fraction of sp³-hybridized carbons (Fsp3) is 0.231. The highest BCUT2D eigenvalue weighted by molar-refractivity contribution is 7.13. The third-order valence-corrected chi connectivity index (χ3v) is 3.58. The van der Waals surface area contributed by atoms with Crippen molar-refractivity contribution in [3.05, 3.63) is 34.3 Å². The molecule has 2 aromatic rings. The molecular weight excluding hydrogens is 296 g/mol. The fourth-order valence-corrected chi connectivity index (χ4v) is 2.50. The van der Waals surface area contributed by atoms with Crippen LogP contribution in [0.3, 0.4) is 0 Å². The SMILES string of the molecule is CN(C)c1ccc(Cl)cc1NC(=O)Cc1csc(N)n1. The molecular formula is C13H15ClN4OS. The second-order valence-electron chi connectivity index (χ2n) is 4.46. The summed E-state index contributed by atoms with van der Waals surface area (Å²) in [6.07, 6.45) is 0.188. The summed E-state index contributed by atoms with van der Waals surface area (Å²) in [7, 11) is 3.81. The number of nitrogens with one attached hydrogen (secondary N) is 1. The molecule has 0 saturated heterocycles. The molecule has 20 heavy (non-hydrogen) atoms. The molecule has 2 rings (SSSR count). The number of hydrogen-bond donors (Lipinski definition) is 2.